The predicted molar refractivity (Wildman–Crippen MR) is 103 cm³/mol. The fraction of sp³-hybridized carbons (Fsp3) is 0.579. The molecule has 2 N–H and O–H groups in total. The lowest BCUT2D eigenvalue weighted by Crippen LogP contribution is -2.44. The van der Waals surface area contributed by atoms with Crippen LogP contribution >= 0.6 is 12.4 Å². The maximum absolute atomic E-state index is 12.4. The van der Waals surface area contributed by atoms with Gasteiger partial charge in [-0.25, -0.2) is 0 Å². The van der Waals surface area contributed by atoms with Crippen molar-refractivity contribution >= 4 is 24.3 Å². The van der Waals surface area contributed by atoms with Crippen LogP contribution in [0.25, 0.3) is 0 Å². The van der Waals surface area contributed by atoms with Crippen molar-refractivity contribution in [2.45, 2.75) is 32.2 Å². The Labute approximate surface area is 161 Å². The first-order chi connectivity index (χ1) is 12.0. The molecule has 0 aromatic heterocycles. The number of hydrogen-bond donors (Lipinski definition) is 2. The summed E-state index contributed by atoms with van der Waals surface area (Å²) in [5.74, 6) is -0.0210. The van der Waals surface area contributed by atoms with E-state index in [-0.39, 0.29) is 36.7 Å². The number of para-hydroxylation sites is 1. The lowest BCUT2D eigenvalue weighted by atomic mass is 9.92. The van der Waals surface area contributed by atoms with Crippen molar-refractivity contribution < 1.29 is 19.1 Å². The van der Waals surface area contributed by atoms with Crippen LogP contribution < -0.4 is 15.4 Å². The molecule has 6 nitrogen and oxygen atoms in total. The molecular formula is C19H29ClN2O4. The molecule has 0 spiro atoms. The van der Waals surface area contributed by atoms with Gasteiger partial charge in [0.05, 0.1) is 20.1 Å². The Balaban J connectivity index is 0.00000338. The quantitative estimate of drug-likeness (QED) is 0.703. The molecule has 1 fully saturated rings. The van der Waals surface area contributed by atoms with Gasteiger partial charge in [0.25, 0.3) is 0 Å². The zero-order chi connectivity index (χ0) is 18.2. The molecule has 7 heteroatoms. The van der Waals surface area contributed by atoms with Crippen LogP contribution in [0, 0.1) is 11.8 Å². The van der Waals surface area contributed by atoms with Gasteiger partial charge in [0.1, 0.15) is 5.75 Å². The SMILES string of the molecule is COC(=O)C(CNC(=O)[C@H]1CCN[C@@H](C)C1)Cc1ccccc1OC.Cl. The molecule has 1 aromatic carbocycles. The lowest BCUT2D eigenvalue weighted by molar-refractivity contribution is -0.145. The van der Waals surface area contributed by atoms with E-state index in [1.54, 1.807) is 7.11 Å². The molecule has 146 valence electrons. The van der Waals surface area contributed by atoms with Crippen LogP contribution in [0.2, 0.25) is 0 Å². The van der Waals surface area contributed by atoms with Crippen molar-refractivity contribution in [1.82, 2.24) is 10.6 Å². The number of esters is 1. The number of benzene rings is 1. The molecule has 0 bridgehead atoms. The Kier molecular flexibility index (Phi) is 9.44. The Morgan fingerprint density at radius 2 is 2.04 bits per heavy atom. The smallest absolute Gasteiger partial charge is 0.310 e. The Morgan fingerprint density at radius 1 is 1.31 bits per heavy atom. The third-order valence-corrected chi connectivity index (χ3v) is 4.71. The third-order valence-electron chi connectivity index (χ3n) is 4.71. The van der Waals surface area contributed by atoms with Crippen molar-refractivity contribution in [3.05, 3.63) is 29.8 Å². The van der Waals surface area contributed by atoms with E-state index in [0.717, 1.165) is 30.7 Å². The molecule has 0 saturated carbocycles. The second-order valence-corrected chi connectivity index (χ2v) is 6.56. The minimum atomic E-state index is -0.440. The van der Waals surface area contributed by atoms with Crippen LogP contribution in [-0.4, -0.2) is 45.2 Å². The van der Waals surface area contributed by atoms with E-state index in [0.29, 0.717) is 12.5 Å². The molecule has 2 rings (SSSR count). The highest BCUT2D eigenvalue weighted by molar-refractivity contribution is 5.85. The minimum absolute atomic E-state index is 0. The molecule has 0 aliphatic carbocycles. The van der Waals surface area contributed by atoms with E-state index in [2.05, 4.69) is 17.6 Å². The van der Waals surface area contributed by atoms with Gasteiger partial charge in [0.2, 0.25) is 5.91 Å². The van der Waals surface area contributed by atoms with Crippen molar-refractivity contribution in [3.8, 4) is 5.75 Å². The van der Waals surface area contributed by atoms with Gasteiger partial charge in [0.15, 0.2) is 0 Å². The van der Waals surface area contributed by atoms with E-state index in [4.69, 9.17) is 9.47 Å². The average molecular weight is 385 g/mol. The van der Waals surface area contributed by atoms with Gasteiger partial charge < -0.3 is 20.1 Å². The summed E-state index contributed by atoms with van der Waals surface area (Å²) in [7, 11) is 2.97. The van der Waals surface area contributed by atoms with Gasteiger partial charge in [-0.3, -0.25) is 9.59 Å². The van der Waals surface area contributed by atoms with Crippen molar-refractivity contribution in [1.29, 1.82) is 0 Å². The first kappa shape index (κ1) is 22.3. The predicted octanol–water partition coefficient (Wildman–Crippen LogP) is 1.95. The first-order valence-corrected chi connectivity index (χ1v) is 8.76. The van der Waals surface area contributed by atoms with Gasteiger partial charge in [-0.1, -0.05) is 18.2 Å². The molecule has 1 saturated heterocycles. The second-order valence-electron chi connectivity index (χ2n) is 6.56. The van der Waals surface area contributed by atoms with Crippen LogP contribution in [0.4, 0.5) is 0 Å². The summed E-state index contributed by atoms with van der Waals surface area (Å²) >= 11 is 0. The summed E-state index contributed by atoms with van der Waals surface area (Å²) in [4.78, 5) is 24.6. The van der Waals surface area contributed by atoms with Crippen LogP contribution in [0.3, 0.4) is 0 Å². The molecule has 1 amide bonds. The molecular weight excluding hydrogens is 356 g/mol. The number of rotatable bonds is 7. The van der Waals surface area contributed by atoms with Crippen molar-refractivity contribution in [2.75, 3.05) is 27.3 Å². The number of ether oxygens (including phenoxy) is 2. The molecule has 26 heavy (non-hydrogen) atoms. The number of piperidine rings is 1. The molecule has 1 aliphatic rings. The summed E-state index contributed by atoms with van der Waals surface area (Å²) in [5.41, 5.74) is 0.921. The van der Waals surface area contributed by atoms with Crippen LogP contribution in [0.5, 0.6) is 5.75 Å². The summed E-state index contributed by atoms with van der Waals surface area (Å²) in [6, 6.07) is 7.91. The molecule has 0 radical (unpaired) electrons. The molecule has 1 heterocycles. The second kappa shape index (κ2) is 11.0. The van der Waals surface area contributed by atoms with Gasteiger partial charge in [0, 0.05) is 18.5 Å². The van der Waals surface area contributed by atoms with Crippen LogP contribution in [-0.2, 0) is 20.7 Å². The average Bonchev–Trinajstić information content (AvgIpc) is 2.64. The van der Waals surface area contributed by atoms with E-state index in [9.17, 15) is 9.59 Å². The molecule has 3 atom stereocenters. The number of carbonyl (C=O) groups is 2. The van der Waals surface area contributed by atoms with E-state index < -0.39 is 5.92 Å². The molecule has 1 aliphatic heterocycles. The van der Waals surface area contributed by atoms with Gasteiger partial charge in [-0.05, 0) is 44.4 Å². The van der Waals surface area contributed by atoms with E-state index in [1.807, 2.05) is 24.3 Å². The molecule has 1 aromatic rings. The first-order valence-electron chi connectivity index (χ1n) is 8.76. The van der Waals surface area contributed by atoms with Crippen molar-refractivity contribution in [3.63, 3.8) is 0 Å². The zero-order valence-corrected chi connectivity index (χ0v) is 16.4. The van der Waals surface area contributed by atoms with Crippen LogP contribution in [0.1, 0.15) is 25.3 Å². The Bertz CT molecular complexity index is 597. The monoisotopic (exact) mass is 384 g/mol. The maximum atomic E-state index is 12.4. The normalized spacial score (nSPS) is 20.4. The summed E-state index contributed by atoms with van der Waals surface area (Å²) in [6.07, 6.45) is 2.10. The lowest BCUT2D eigenvalue weighted by Gasteiger charge is -2.27. The third kappa shape index (κ3) is 6.18. The molecule has 1 unspecified atom stereocenters. The summed E-state index contributed by atoms with van der Waals surface area (Å²) < 4.78 is 10.3. The number of hydrogen-bond acceptors (Lipinski definition) is 5. The van der Waals surface area contributed by atoms with E-state index in [1.165, 1.54) is 7.11 Å². The van der Waals surface area contributed by atoms with E-state index >= 15 is 0 Å². The Morgan fingerprint density at radius 3 is 2.69 bits per heavy atom. The number of carbonyl (C=O) groups excluding carboxylic acids is 2. The van der Waals surface area contributed by atoms with Gasteiger partial charge in [-0.2, -0.15) is 0 Å². The van der Waals surface area contributed by atoms with Gasteiger partial charge >= 0.3 is 5.97 Å². The summed E-state index contributed by atoms with van der Waals surface area (Å²) in [5, 5.41) is 6.27. The standard InChI is InChI=1S/C19H28N2O4.ClH/c1-13-10-15(8-9-20-13)18(22)21-12-16(19(23)25-3)11-14-6-4-5-7-17(14)24-2;/h4-7,13,15-16,20H,8-12H2,1-3H3,(H,21,22);1H/t13-,15-,16?;/m0./s1. The summed E-state index contributed by atoms with van der Waals surface area (Å²) in [6.45, 7) is 3.20. The highest BCUT2D eigenvalue weighted by atomic mass is 35.5. The number of methoxy groups -OCH3 is 2. The number of halogens is 1. The van der Waals surface area contributed by atoms with Crippen molar-refractivity contribution in [2.24, 2.45) is 11.8 Å². The van der Waals surface area contributed by atoms with Gasteiger partial charge in [-0.15, -0.1) is 12.4 Å². The number of amides is 1. The number of nitrogens with one attached hydrogen (secondary N) is 2. The highest BCUT2D eigenvalue weighted by Crippen LogP contribution is 2.22. The zero-order valence-electron chi connectivity index (χ0n) is 15.6. The fourth-order valence-electron chi connectivity index (χ4n) is 3.28. The fourth-order valence-corrected chi connectivity index (χ4v) is 3.28. The maximum Gasteiger partial charge on any atom is 0.310 e. The van der Waals surface area contributed by atoms with Crippen LogP contribution in [0.15, 0.2) is 24.3 Å². The highest BCUT2D eigenvalue weighted by Gasteiger charge is 2.27. The largest absolute Gasteiger partial charge is 0.496 e. The minimum Gasteiger partial charge on any atom is -0.496 e. The topological polar surface area (TPSA) is 76.7 Å². The Hall–Kier alpha value is -1.79.